The van der Waals surface area contributed by atoms with Crippen molar-refractivity contribution in [2.75, 3.05) is 36.5 Å². The normalized spacial score (nSPS) is 22.3. The van der Waals surface area contributed by atoms with Gasteiger partial charge in [0.05, 0.1) is 18.9 Å². The third kappa shape index (κ3) is 4.18. The van der Waals surface area contributed by atoms with Crippen molar-refractivity contribution in [2.24, 2.45) is 5.92 Å². The number of hydrogen-bond donors (Lipinski definition) is 3. The number of carbonyl (C=O) groups is 2. The molecule has 1 fully saturated rings. The second-order valence-electron chi connectivity index (χ2n) is 8.40. The standard InChI is InChI=1S/C21H23FN6O5/c1-10-12-2-11(3-13(12)14(22)5-24-10)4-23-6-15(29)16-8-28(21(31)33-16)17-7-25-20-19(26-17)27-18(30)9-32-20/h5,7,11,15-16,23,29H,2-4,6,8-9H2,1H3,(H,26,27,30)/t11?,15?,16-/m1/s1. The SMILES string of the molecule is Cc1ncc(F)c2c1CC(CNCC(O)[C@H]1CN(c3cnc4c(n3)NC(=O)CO4)C(=O)O1)C2. The van der Waals surface area contributed by atoms with Gasteiger partial charge in [-0.1, -0.05) is 0 Å². The van der Waals surface area contributed by atoms with Crippen LogP contribution in [0.4, 0.5) is 20.8 Å². The Kier molecular flexibility index (Phi) is 5.54. The van der Waals surface area contributed by atoms with Crippen molar-refractivity contribution in [2.45, 2.75) is 32.0 Å². The van der Waals surface area contributed by atoms with Gasteiger partial charge in [0, 0.05) is 12.2 Å². The number of rotatable bonds is 6. The molecule has 0 saturated carbocycles. The van der Waals surface area contributed by atoms with E-state index in [1.165, 1.54) is 17.3 Å². The van der Waals surface area contributed by atoms with Gasteiger partial charge in [-0.3, -0.25) is 14.7 Å². The molecule has 11 nitrogen and oxygen atoms in total. The molecule has 1 aliphatic carbocycles. The highest BCUT2D eigenvalue weighted by molar-refractivity contribution is 5.94. The highest BCUT2D eigenvalue weighted by Crippen LogP contribution is 2.30. The van der Waals surface area contributed by atoms with E-state index in [9.17, 15) is 19.1 Å². The van der Waals surface area contributed by atoms with E-state index in [2.05, 4.69) is 25.6 Å². The first-order valence-corrected chi connectivity index (χ1v) is 10.7. The predicted octanol–water partition coefficient (Wildman–Crippen LogP) is 0.341. The van der Waals surface area contributed by atoms with E-state index in [1.807, 2.05) is 6.92 Å². The number of hydrogen-bond acceptors (Lipinski definition) is 9. The molecule has 2 amide bonds. The van der Waals surface area contributed by atoms with E-state index in [0.717, 1.165) is 23.2 Å². The van der Waals surface area contributed by atoms with E-state index in [1.54, 1.807) is 0 Å². The molecule has 0 radical (unpaired) electrons. The number of aliphatic hydroxyl groups excluding tert-OH is 1. The average Bonchev–Trinajstić information content (AvgIpc) is 3.40. The number of halogens is 1. The minimum absolute atomic E-state index is 0.0783. The van der Waals surface area contributed by atoms with E-state index in [4.69, 9.17) is 9.47 Å². The Hall–Kier alpha value is -3.38. The second kappa shape index (κ2) is 8.52. The van der Waals surface area contributed by atoms with Crippen molar-refractivity contribution in [3.63, 3.8) is 0 Å². The largest absolute Gasteiger partial charge is 0.465 e. The van der Waals surface area contributed by atoms with Gasteiger partial charge in [-0.2, -0.15) is 0 Å². The lowest BCUT2D eigenvalue weighted by Gasteiger charge is -2.19. The van der Waals surface area contributed by atoms with Crippen LogP contribution < -0.4 is 20.3 Å². The molecule has 2 unspecified atom stereocenters. The predicted molar refractivity (Wildman–Crippen MR) is 112 cm³/mol. The summed E-state index contributed by atoms with van der Waals surface area (Å²) in [4.78, 5) is 37.4. The zero-order chi connectivity index (χ0) is 23.1. The molecule has 2 aliphatic heterocycles. The Labute approximate surface area is 188 Å². The molecular weight excluding hydrogens is 435 g/mol. The Morgan fingerprint density at radius 3 is 2.94 bits per heavy atom. The number of amides is 2. The van der Waals surface area contributed by atoms with Crippen LogP contribution in [0.2, 0.25) is 0 Å². The van der Waals surface area contributed by atoms with Crippen molar-refractivity contribution in [3.05, 3.63) is 35.0 Å². The van der Waals surface area contributed by atoms with Crippen LogP contribution in [-0.2, 0) is 22.4 Å². The lowest BCUT2D eigenvalue weighted by atomic mass is 10.1. The van der Waals surface area contributed by atoms with Crippen molar-refractivity contribution in [1.82, 2.24) is 20.3 Å². The Morgan fingerprint density at radius 2 is 2.12 bits per heavy atom. The van der Waals surface area contributed by atoms with E-state index < -0.39 is 18.3 Å². The maximum atomic E-state index is 14.0. The number of aliphatic hydroxyl groups is 1. The quantitative estimate of drug-likeness (QED) is 0.559. The van der Waals surface area contributed by atoms with Crippen LogP contribution in [0, 0.1) is 18.7 Å². The maximum Gasteiger partial charge on any atom is 0.416 e. The average molecular weight is 458 g/mol. The van der Waals surface area contributed by atoms with Crippen molar-refractivity contribution in [3.8, 4) is 5.88 Å². The van der Waals surface area contributed by atoms with Gasteiger partial charge < -0.3 is 25.2 Å². The van der Waals surface area contributed by atoms with Crippen LogP contribution in [0.15, 0.2) is 12.4 Å². The number of cyclic esters (lactones) is 1. The summed E-state index contributed by atoms with van der Waals surface area (Å²) in [6, 6.07) is 0. The van der Waals surface area contributed by atoms with Crippen molar-refractivity contribution < 1.29 is 28.6 Å². The minimum Gasteiger partial charge on any atom is -0.465 e. The van der Waals surface area contributed by atoms with Gasteiger partial charge in [-0.05, 0) is 43.4 Å². The summed E-state index contributed by atoms with van der Waals surface area (Å²) in [7, 11) is 0. The molecule has 1 saturated heterocycles. The van der Waals surface area contributed by atoms with Gasteiger partial charge in [0.1, 0.15) is 18.0 Å². The van der Waals surface area contributed by atoms with Crippen LogP contribution in [0.5, 0.6) is 5.88 Å². The number of nitrogens with zero attached hydrogens (tertiary/aromatic N) is 4. The molecular formula is C21H23FN6O5. The molecule has 3 N–H and O–H groups in total. The van der Waals surface area contributed by atoms with E-state index >= 15 is 0 Å². The number of aromatic nitrogens is 3. The fourth-order valence-corrected chi connectivity index (χ4v) is 4.38. The highest BCUT2D eigenvalue weighted by atomic mass is 19.1. The minimum atomic E-state index is -0.948. The van der Waals surface area contributed by atoms with Crippen LogP contribution in [0.3, 0.4) is 0 Å². The van der Waals surface area contributed by atoms with E-state index in [0.29, 0.717) is 13.0 Å². The van der Waals surface area contributed by atoms with Crippen molar-refractivity contribution >= 4 is 23.6 Å². The molecule has 3 aliphatic rings. The topological polar surface area (TPSA) is 139 Å². The summed E-state index contributed by atoms with van der Waals surface area (Å²) >= 11 is 0. The van der Waals surface area contributed by atoms with Gasteiger partial charge in [0.25, 0.3) is 11.8 Å². The first-order valence-electron chi connectivity index (χ1n) is 10.7. The zero-order valence-electron chi connectivity index (χ0n) is 17.9. The van der Waals surface area contributed by atoms with E-state index in [-0.39, 0.29) is 54.9 Å². The number of fused-ring (bicyclic) bond motifs is 2. The Bertz CT molecular complexity index is 1080. The number of carbonyl (C=O) groups excluding carboxylic acids is 2. The fourth-order valence-electron chi connectivity index (χ4n) is 4.38. The van der Waals surface area contributed by atoms with Gasteiger partial charge in [0.15, 0.2) is 18.2 Å². The summed E-state index contributed by atoms with van der Waals surface area (Å²) in [6.07, 6.45) is 1.59. The van der Waals surface area contributed by atoms with Crippen LogP contribution in [0.25, 0.3) is 0 Å². The molecule has 4 heterocycles. The monoisotopic (exact) mass is 458 g/mol. The van der Waals surface area contributed by atoms with Gasteiger partial charge in [0.2, 0.25) is 0 Å². The molecule has 0 bridgehead atoms. The Morgan fingerprint density at radius 1 is 1.30 bits per heavy atom. The fraction of sp³-hybridized carbons (Fsp3) is 0.476. The molecule has 0 aromatic carbocycles. The molecule has 0 spiro atoms. The van der Waals surface area contributed by atoms with Gasteiger partial charge in [-0.15, -0.1) is 0 Å². The molecule has 5 rings (SSSR count). The summed E-state index contributed by atoms with van der Waals surface area (Å²) in [5.41, 5.74) is 2.54. The third-order valence-electron chi connectivity index (χ3n) is 6.10. The van der Waals surface area contributed by atoms with Crippen LogP contribution in [0.1, 0.15) is 16.8 Å². The van der Waals surface area contributed by atoms with Gasteiger partial charge in [-0.25, -0.2) is 19.2 Å². The van der Waals surface area contributed by atoms with Crippen molar-refractivity contribution in [1.29, 1.82) is 0 Å². The Balaban J connectivity index is 1.14. The summed E-state index contributed by atoms with van der Waals surface area (Å²) in [5.74, 6) is 0.0509. The summed E-state index contributed by atoms with van der Waals surface area (Å²) in [5, 5.41) is 16.3. The molecule has 174 valence electrons. The summed E-state index contributed by atoms with van der Waals surface area (Å²) in [6.45, 7) is 2.61. The van der Waals surface area contributed by atoms with Crippen LogP contribution >= 0.6 is 0 Å². The first kappa shape index (κ1) is 21.5. The molecule has 2 aromatic rings. The second-order valence-corrected chi connectivity index (χ2v) is 8.40. The lowest BCUT2D eigenvalue weighted by molar-refractivity contribution is -0.118. The molecule has 3 atom stereocenters. The van der Waals surface area contributed by atoms with Gasteiger partial charge >= 0.3 is 6.09 Å². The number of nitrogens with one attached hydrogen (secondary N) is 2. The first-order chi connectivity index (χ1) is 15.9. The zero-order valence-corrected chi connectivity index (χ0v) is 17.9. The smallest absolute Gasteiger partial charge is 0.416 e. The number of pyridine rings is 1. The number of ether oxygens (including phenoxy) is 2. The highest BCUT2D eigenvalue weighted by Gasteiger charge is 2.38. The lowest BCUT2D eigenvalue weighted by Crippen LogP contribution is -2.40. The van der Waals surface area contributed by atoms with Crippen LogP contribution in [-0.4, -0.2) is 70.5 Å². The third-order valence-corrected chi connectivity index (χ3v) is 6.10. The molecule has 12 heteroatoms. The molecule has 33 heavy (non-hydrogen) atoms. The maximum absolute atomic E-state index is 14.0. The number of anilines is 2. The number of aryl methyl sites for hydroxylation is 1. The molecule has 2 aromatic heterocycles. The summed E-state index contributed by atoms with van der Waals surface area (Å²) < 4.78 is 24.5.